The van der Waals surface area contributed by atoms with E-state index in [-0.39, 0.29) is 13.2 Å². The van der Waals surface area contributed by atoms with Crippen molar-refractivity contribution in [1.29, 1.82) is 0 Å². The number of anilines is 1. The number of benzene rings is 1. The van der Waals surface area contributed by atoms with E-state index in [1.54, 1.807) is 25.1 Å². The molecule has 0 saturated carbocycles. The first-order valence-corrected chi connectivity index (χ1v) is 9.30. The lowest BCUT2D eigenvalue weighted by atomic mass is 10.1. The van der Waals surface area contributed by atoms with Crippen LogP contribution in [0, 0.1) is 6.92 Å². The number of hydrogen-bond donors (Lipinski definition) is 2. The van der Waals surface area contributed by atoms with E-state index in [1.165, 1.54) is 17.4 Å². The standard InChI is InChI=1S/C19H22N2O5S/c1-4-14-11(3)27-18(16(14)19(24)25-5-2)21-15(22)10-26-13-8-6-7-12(9-13)17(20)23/h6-9H,4-5,10H2,1-3H3,(H2,20,23)(H,21,22). The van der Waals surface area contributed by atoms with Gasteiger partial charge in [0, 0.05) is 10.4 Å². The van der Waals surface area contributed by atoms with Crippen molar-refractivity contribution in [1.82, 2.24) is 0 Å². The number of aryl methyl sites for hydroxylation is 1. The molecule has 1 heterocycles. The van der Waals surface area contributed by atoms with E-state index < -0.39 is 17.8 Å². The monoisotopic (exact) mass is 390 g/mol. The summed E-state index contributed by atoms with van der Waals surface area (Å²) in [5.74, 6) is -1.10. The number of esters is 1. The topological polar surface area (TPSA) is 108 Å². The Hall–Kier alpha value is -2.87. The van der Waals surface area contributed by atoms with Gasteiger partial charge in [0.15, 0.2) is 6.61 Å². The number of ether oxygens (including phenoxy) is 2. The van der Waals surface area contributed by atoms with Crippen LogP contribution in [0.5, 0.6) is 5.75 Å². The zero-order valence-electron chi connectivity index (χ0n) is 15.5. The number of thiophene rings is 1. The molecular formula is C19H22N2O5S. The lowest BCUT2D eigenvalue weighted by Gasteiger charge is -2.09. The lowest BCUT2D eigenvalue weighted by Crippen LogP contribution is -2.21. The van der Waals surface area contributed by atoms with Crippen LogP contribution in [-0.4, -0.2) is 31.0 Å². The van der Waals surface area contributed by atoms with Gasteiger partial charge in [-0.05, 0) is 44.0 Å². The van der Waals surface area contributed by atoms with Crippen molar-refractivity contribution in [2.24, 2.45) is 5.73 Å². The third kappa shape index (κ3) is 5.07. The van der Waals surface area contributed by atoms with Gasteiger partial charge in [0.25, 0.3) is 5.91 Å². The molecule has 0 aliphatic heterocycles. The van der Waals surface area contributed by atoms with Crippen molar-refractivity contribution in [3.05, 3.63) is 45.8 Å². The van der Waals surface area contributed by atoms with Crippen molar-refractivity contribution in [3.63, 3.8) is 0 Å². The zero-order valence-corrected chi connectivity index (χ0v) is 16.3. The molecule has 0 fully saturated rings. The van der Waals surface area contributed by atoms with E-state index in [4.69, 9.17) is 15.2 Å². The van der Waals surface area contributed by atoms with E-state index in [0.717, 1.165) is 10.4 Å². The SMILES string of the molecule is CCOC(=O)c1c(NC(=O)COc2cccc(C(N)=O)c2)sc(C)c1CC. The Kier molecular flexibility index (Phi) is 6.95. The Morgan fingerprint density at radius 2 is 1.96 bits per heavy atom. The minimum absolute atomic E-state index is 0.254. The smallest absolute Gasteiger partial charge is 0.341 e. The Morgan fingerprint density at radius 1 is 1.22 bits per heavy atom. The van der Waals surface area contributed by atoms with Gasteiger partial charge in [0.2, 0.25) is 5.91 Å². The maximum Gasteiger partial charge on any atom is 0.341 e. The molecule has 0 saturated heterocycles. The van der Waals surface area contributed by atoms with E-state index >= 15 is 0 Å². The summed E-state index contributed by atoms with van der Waals surface area (Å²) in [4.78, 5) is 36.7. The van der Waals surface area contributed by atoms with Crippen LogP contribution in [0.4, 0.5) is 5.00 Å². The second-order valence-corrected chi connectivity index (χ2v) is 6.87. The van der Waals surface area contributed by atoms with Gasteiger partial charge in [-0.1, -0.05) is 13.0 Å². The Labute approximate surface area is 161 Å². The first-order valence-electron chi connectivity index (χ1n) is 8.49. The number of hydrogen-bond acceptors (Lipinski definition) is 6. The van der Waals surface area contributed by atoms with Gasteiger partial charge in [-0.25, -0.2) is 4.79 Å². The van der Waals surface area contributed by atoms with Gasteiger partial charge >= 0.3 is 5.97 Å². The maximum atomic E-state index is 12.3. The van der Waals surface area contributed by atoms with Gasteiger partial charge < -0.3 is 20.5 Å². The molecule has 1 aromatic heterocycles. The number of carbonyl (C=O) groups excluding carboxylic acids is 3. The van der Waals surface area contributed by atoms with Gasteiger partial charge in [-0.3, -0.25) is 9.59 Å². The highest BCUT2D eigenvalue weighted by Crippen LogP contribution is 2.34. The van der Waals surface area contributed by atoms with E-state index in [1.807, 2.05) is 13.8 Å². The number of amides is 2. The molecule has 2 amide bonds. The minimum Gasteiger partial charge on any atom is -0.484 e. The number of rotatable bonds is 8. The number of nitrogens with one attached hydrogen (secondary N) is 1. The molecule has 2 rings (SSSR count). The average Bonchev–Trinajstić information content (AvgIpc) is 2.95. The molecule has 1 aromatic carbocycles. The van der Waals surface area contributed by atoms with Gasteiger partial charge in [-0.15, -0.1) is 11.3 Å². The molecular weight excluding hydrogens is 368 g/mol. The molecule has 0 unspecified atom stereocenters. The van der Waals surface area contributed by atoms with E-state index in [9.17, 15) is 14.4 Å². The number of nitrogens with two attached hydrogens (primary N) is 1. The summed E-state index contributed by atoms with van der Waals surface area (Å²) >= 11 is 1.33. The van der Waals surface area contributed by atoms with Crippen LogP contribution >= 0.6 is 11.3 Å². The molecule has 0 atom stereocenters. The molecule has 0 aliphatic carbocycles. The van der Waals surface area contributed by atoms with Crippen LogP contribution in [-0.2, 0) is 16.0 Å². The average molecular weight is 390 g/mol. The molecule has 2 aromatic rings. The van der Waals surface area contributed by atoms with Gasteiger partial charge in [-0.2, -0.15) is 0 Å². The fourth-order valence-corrected chi connectivity index (χ4v) is 3.71. The van der Waals surface area contributed by atoms with Crippen molar-refractivity contribution in [3.8, 4) is 5.75 Å². The third-order valence-electron chi connectivity index (χ3n) is 3.78. The first-order chi connectivity index (χ1) is 12.9. The normalized spacial score (nSPS) is 10.3. The summed E-state index contributed by atoms with van der Waals surface area (Å²) < 4.78 is 10.5. The largest absolute Gasteiger partial charge is 0.484 e. The van der Waals surface area contributed by atoms with E-state index in [2.05, 4.69) is 5.32 Å². The molecule has 3 N–H and O–H groups in total. The summed E-state index contributed by atoms with van der Waals surface area (Å²) in [6, 6.07) is 6.25. The minimum atomic E-state index is -0.579. The van der Waals surface area contributed by atoms with Crippen LogP contribution in [0.15, 0.2) is 24.3 Å². The molecule has 8 heteroatoms. The summed E-state index contributed by atoms with van der Waals surface area (Å²) in [5.41, 5.74) is 6.77. The summed E-state index contributed by atoms with van der Waals surface area (Å²) in [6.07, 6.45) is 0.656. The Morgan fingerprint density at radius 3 is 2.59 bits per heavy atom. The zero-order chi connectivity index (χ0) is 20.0. The van der Waals surface area contributed by atoms with Crippen molar-refractivity contribution >= 4 is 34.1 Å². The summed E-state index contributed by atoms with van der Waals surface area (Å²) in [6.45, 7) is 5.55. The fraction of sp³-hybridized carbons (Fsp3) is 0.316. The highest BCUT2D eigenvalue weighted by molar-refractivity contribution is 7.16. The fourth-order valence-electron chi connectivity index (χ4n) is 2.56. The van der Waals surface area contributed by atoms with Crippen LogP contribution in [0.1, 0.15) is 45.0 Å². The van der Waals surface area contributed by atoms with Crippen LogP contribution in [0.3, 0.4) is 0 Å². The molecule has 0 spiro atoms. The van der Waals surface area contributed by atoms with Gasteiger partial charge in [0.05, 0.1) is 12.2 Å². The highest BCUT2D eigenvalue weighted by atomic mass is 32.1. The van der Waals surface area contributed by atoms with Crippen LogP contribution in [0.2, 0.25) is 0 Å². The van der Waals surface area contributed by atoms with Crippen molar-refractivity contribution in [2.75, 3.05) is 18.5 Å². The predicted octanol–water partition coefficient (Wildman–Crippen LogP) is 2.91. The number of primary amides is 1. The molecule has 0 radical (unpaired) electrons. The van der Waals surface area contributed by atoms with Crippen LogP contribution in [0.25, 0.3) is 0 Å². The Bertz CT molecular complexity index is 860. The predicted molar refractivity (Wildman–Crippen MR) is 103 cm³/mol. The molecule has 27 heavy (non-hydrogen) atoms. The molecule has 0 aliphatic rings. The quantitative estimate of drug-likeness (QED) is 0.674. The third-order valence-corrected chi connectivity index (χ3v) is 4.85. The Balaban J connectivity index is 2.10. The maximum absolute atomic E-state index is 12.3. The van der Waals surface area contributed by atoms with Crippen molar-refractivity contribution in [2.45, 2.75) is 27.2 Å². The molecule has 144 valence electrons. The molecule has 7 nitrogen and oxygen atoms in total. The van der Waals surface area contributed by atoms with E-state index in [0.29, 0.717) is 28.3 Å². The summed E-state index contributed by atoms with van der Waals surface area (Å²) in [7, 11) is 0. The number of carbonyl (C=O) groups is 3. The lowest BCUT2D eigenvalue weighted by molar-refractivity contribution is -0.118. The second-order valence-electron chi connectivity index (χ2n) is 5.64. The second kappa shape index (κ2) is 9.18. The van der Waals surface area contributed by atoms with Crippen molar-refractivity contribution < 1.29 is 23.9 Å². The summed E-state index contributed by atoms with van der Waals surface area (Å²) in [5, 5.41) is 3.16. The van der Waals surface area contributed by atoms with Gasteiger partial charge in [0.1, 0.15) is 10.8 Å². The first kappa shape index (κ1) is 20.4. The molecule has 0 bridgehead atoms. The van der Waals surface area contributed by atoms with Crippen LogP contribution < -0.4 is 15.8 Å². The highest BCUT2D eigenvalue weighted by Gasteiger charge is 2.23.